The highest BCUT2D eigenvalue weighted by molar-refractivity contribution is 7.16. The van der Waals surface area contributed by atoms with Gasteiger partial charge in [-0.15, -0.1) is 11.3 Å². The monoisotopic (exact) mass is 353 g/mol. The van der Waals surface area contributed by atoms with Crippen LogP contribution >= 0.6 is 11.3 Å². The first-order chi connectivity index (χ1) is 12.2. The Bertz CT molecular complexity index is 1070. The molecule has 6 nitrogen and oxygen atoms in total. The van der Waals surface area contributed by atoms with Crippen LogP contribution in [0.3, 0.4) is 0 Å². The molecule has 2 aromatic carbocycles. The molecule has 0 aliphatic carbocycles. The summed E-state index contributed by atoms with van der Waals surface area (Å²) in [6.45, 7) is 1.17. The molecule has 1 aliphatic heterocycles. The minimum atomic E-state index is -0.805. The second kappa shape index (κ2) is 5.52. The number of aliphatic hydroxyl groups is 1. The molecule has 1 fully saturated rings. The Morgan fingerprint density at radius 1 is 1.12 bits per heavy atom. The van der Waals surface area contributed by atoms with E-state index in [1.807, 2.05) is 46.5 Å². The number of aromatic nitrogens is 3. The van der Waals surface area contributed by atoms with Crippen molar-refractivity contribution in [3.63, 3.8) is 0 Å². The van der Waals surface area contributed by atoms with E-state index in [-0.39, 0.29) is 0 Å². The number of hydrogen-bond acceptors (Lipinski definition) is 6. The van der Waals surface area contributed by atoms with Gasteiger partial charge in [-0.1, -0.05) is 0 Å². The van der Waals surface area contributed by atoms with Crippen LogP contribution in [0.4, 0.5) is 0 Å². The standard InChI is InChI=1S/C18H15N3O3S/c22-18(8-23-9-18)7-21-10-19-14-3-1-13(6-16(14)21)24-12-2-4-17-15(5-12)20-11-25-17/h1-6,10-11,22H,7-9H2. The first kappa shape index (κ1) is 14.8. The average molecular weight is 353 g/mol. The lowest BCUT2D eigenvalue weighted by Gasteiger charge is -2.36. The van der Waals surface area contributed by atoms with E-state index in [4.69, 9.17) is 9.47 Å². The van der Waals surface area contributed by atoms with Gasteiger partial charge in [0.25, 0.3) is 0 Å². The summed E-state index contributed by atoms with van der Waals surface area (Å²) in [6, 6.07) is 11.6. The van der Waals surface area contributed by atoms with Gasteiger partial charge < -0.3 is 19.1 Å². The minimum absolute atomic E-state index is 0.358. The maximum absolute atomic E-state index is 10.3. The van der Waals surface area contributed by atoms with Crippen molar-refractivity contribution < 1.29 is 14.6 Å². The van der Waals surface area contributed by atoms with Gasteiger partial charge in [-0.3, -0.25) is 0 Å². The van der Waals surface area contributed by atoms with Crippen LogP contribution in [0.15, 0.2) is 48.2 Å². The molecule has 0 spiro atoms. The van der Waals surface area contributed by atoms with Gasteiger partial charge in [0, 0.05) is 12.1 Å². The summed E-state index contributed by atoms with van der Waals surface area (Å²) in [6.07, 6.45) is 1.74. The lowest BCUT2D eigenvalue weighted by molar-refractivity contribution is -0.184. The molecule has 7 heteroatoms. The van der Waals surface area contributed by atoms with Crippen molar-refractivity contribution >= 4 is 32.6 Å². The third-order valence-corrected chi connectivity index (χ3v) is 5.15. The van der Waals surface area contributed by atoms with Gasteiger partial charge in [-0.2, -0.15) is 0 Å². The van der Waals surface area contributed by atoms with E-state index < -0.39 is 5.60 Å². The van der Waals surface area contributed by atoms with Crippen molar-refractivity contribution in [1.29, 1.82) is 0 Å². The summed E-state index contributed by atoms with van der Waals surface area (Å²) in [5.41, 5.74) is 3.74. The highest BCUT2D eigenvalue weighted by Crippen LogP contribution is 2.29. The second-order valence-electron chi connectivity index (χ2n) is 6.32. The van der Waals surface area contributed by atoms with Crippen molar-refractivity contribution in [3.05, 3.63) is 48.2 Å². The Hall–Kier alpha value is -2.48. The number of fused-ring (bicyclic) bond motifs is 2. The smallest absolute Gasteiger partial charge is 0.129 e. The number of imidazole rings is 1. The Labute approximate surface area is 147 Å². The third-order valence-electron chi connectivity index (χ3n) is 4.34. The highest BCUT2D eigenvalue weighted by atomic mass is 32.1. The quantitative estimate of drug-likeness (QED) is 0.610. The number of ether oxygens (including phenoxy) is 2. The van der Waals surface area contributed by atoms with E-state index in [1.54, 1.807) is 17.7 Å². The number of thiazole rings is 1. The molecular weight excluding hydrogens is 338 g/mol. The summed E-state index contributed by atoms with van der Waals surface area (Å²) in [5.74, 6) is 1.47. The van der Waals surface area contributed by atoms with E-state index in [2.05, 4.69) is 9.97 Å². The zero-order valence-corrected chi connectivity index (χ0v) is 14.1. The Morgan fingerprint density at radius 3 is 2.80 bits per heavy atom. The zero-order valence-electron chi connectivity index (χ0n) is 13.3. The number of rotatable bonds is 4. The van der Waals surface area contributed by atoms with E-state index >= 15 is 0 Å². The fraction of sp³-hybridized carbons (Fsp3) is 0.222. The molecule has 3 heterocycles. The van der Waals surface area contributed by atoms with Gasteiger partial charge in [0.15, 0.2) is 0 Å². The lowest BCUT2D eigenvalue weighted by Crippen LogP contribution is -2.52. The molecule has 25 heavy (non-hydrogen) atoms. The average Bonchev–Trinajstić information content (AvgIpc) is 3.20. The van der Waals surface area contributed by atoms with Gasteiger partial charge in [0.1, 0.15) is 17.1 Å². The number of benzene rings is 2. The predicted octanol–water partition coefficient (Wildman–Crippen LogP) is 3.20. The second-order valence-corrected chi connectivity index (χ2v) is 7.21. The van der Waals surface area contributed by atoms with Crippen LogP contribution in [-0.2, 0) is 11.3 Å². The van der Waals surface area contributed by atoms with Crippen molar-refractivity contribution in [2.24, 2.45) is 0 Å². The molecule has 1 saturated heterocycles. The molecule has 0 atom stereocenters. The molecular formula is C18H15N3O3S. The summed E-state index contributed by atoms with van der Waals surface area (Å²) < 4.78 is 14.2. The molecule has 0 unspecified atom stereocenters. The van der Waals surface area contributed by atoms with Crippen LogP contribution in [0.25, 0.3) is 21.3 Å². The maximum Gasteiger partial charge on any atom is 0.129 e. The van der Waals surface area contributed by atoms with Crippen molar-refractivity contribution in [2.75, 3.05) is 13.2 Å². The first-order valence-electron chi connectivity index (χ1n) is 7.95. The third kappa shape index (κ3) is 2.66. The first-order valence-corrected chi connectivity index (χ1v) is 8.83. The minimum Gasteiger partial charge on any atom is -0.457 e. The zero-order chi connectivity index (χ0) is 16.9. The molecule has 0 amide bonds. The molecule has 0 radical (unpaired) electrons. The number of nitrogens with zero attached hydrogens (tertiary/aromatic N) is 3. The van der Waals surface area contributed by atoms with Gasteiger partial charge in [-0.25, -0.2) is 9.97 Å². The molecule has 5 rings (SSSR count). The largest absolute Gasteiger partial charge is 0.457 e. The number of hydrogen-bond donors (Lipinski definition) is 1. The Morgan fingerprint density at radius 2 is 1.96 bits per heavy atom. The van der Waals surface area contributed by atoms with Crippen LogP contribution in [0, 0.1) is 0 Å². The van der Waals surface area contributed by atoms with Crippen molar-refractivity contribution in [1.82, 2.24) is 14.5 Å². The lowest BCUT2D eigenvalue weighted by atomic mass is 10.0. The van der Waals surface area contributed by atoms with Crippen LogP contribution in [0.2, 0.25) is 0 Å². The van der Waals surface area contributed by atoms with Crippen LogP contribution in [0.5, 0.6) is 11.5 Å². The fourth-order valence-corrected chi connectivity index (χ4v) is 3.67. The van der Waals surface area contributed by atoms with E-state index in [0.717, 1.165) is 32.7 Å². The molecule has 0 bridgehead atoms. The summed E-state index contributed by atoms with van der Waals surface area (Å²) in [7, 11) is 0. The van der Waals surface area contributed by atoms with E-state index in [0.29, 0.717) is 19.8 Å². The van der Waals surface area contributed by atoms with Crippen LogP contribution in [-0.4, -0.2) is 38.5 Å². The maximum atomic E-state index is 10.3. The highest BCUT2D eigenvalue weighted by Gasteiger charge is 2.36. The van der Waals surface area contributed by atoms with E-state index in [1.165, 1.54) is 0 Å². The molecule has 126 valence electrons. The molecule has 1 aliphatic rings. The summed E-state index contributed by atoms with van der Waals surface area (Å²) >= 11 is 1.61. The van der Waals surface area contributed by atoms with Crippen LogP contribution in [0.1, 0.15) is 0 Å². The summed E-state index contributed by atoms with van der Waals surface area (Å²) in [4.78, 5) is 8.71. The van der Waals surface area contributed by atoms with Gasteiger partial charge in [-0.05, 0) is 24.3 Å². The van der Waals surface area contributed by atoms with Crippen molar-refractivity contribution in [3.8, 4) is 11.5 Å². The SMILES string of the molecule is OC1(Cn2cnc3ccc(Oc4ccc5scnc5c4)cc32)COC1. The van der Waals surface area contributed by atoms with Gasteiger partial charge >= 0.3 is 0 Å². The normalized spacial score (nSPS) is 16.2. The summed E-state index contributed by atoms with van der Waals surface area (Å²) in [5, 5.41) is 10.3. The van der Waals surface area contributed by atoms with Gasteiger partial charge in [0.05, 0.1) is 52.8 Å². The van der Waals surface area contributed by atoms with E-state index in [9.17, 15) is 5.11 Å². The van der Waals surface area contributed by atoms with Gasteiger partial charge in [0.2, 0.25) is 0 Å². The fourth-order valence-electron chi connectivity index (χ4n) is 3.01. The predicted molar refractivity (Wildman–Crippen MR) is 95.2 cm³/mol. The molecule has 1 N–H and O–H groups in total. The van der Waals surface area contributed by atoms with Crippen molar-refractivity contribution in [2.45, 2.75) is 12.1 Å². The molecule has 2 aromatic heterocycles. The molecule has 0 saturated carbocycles. The topological polar surface area (TPSA) is 69.4 Å². The Balaban J connectivity index is 1.46. The molecule has 4 aromatic rings. The van der Waals surface area contributed by atoms with Crippen LogP contribution < -0.4 is 4.74 Å². The Kier molecular flexibility index (Phi) is 3.27.